The van der Waals surface area contributed by atoms with Crippen LogP contribution in [0.2, 0.25) is 5.02 Å². The van der Waals surface area contributed by atoms with Crippen molar-refractivity contribution in [3.8, 4) is 0 Å². The zero-order valence-corrected chi connectivity index (χ0v) is 9.32. The van der Waals surface area contributed by atoms with Gasteiger partial charge in [-0.2, -0.15) is 0 Å². The fourth-order valence-corrected chi connectivity index (χ4v) is 1.79. The first-order valence-corrected chi connectivity index (χ1v) is 5.07. The fraction of sp³-hybridized carbons (Fsp3) is 0.100. The third-order valence-electron chi connectivity index (χ3n) is 2.40. The topological polar surface area (TPSA) is 92.5 Å². The summed E-state index contributed by atoms with van der Waals surface area (Å²) in [4.78, 5) is 35.4. The summed E-state index contributed by atoms with van der Waals surface area (Å²) in [5.41, 5.74) is 2.47. The number of rotatable bonds is 2. The molecule has 0 aromatic heterocycles. The molecule has 17 heavy (non-hydrogen) atoms. The van der Waals surface area contributed by atoms with E-state index in [9.17, 15) is 14.4 Å². The third-order valence-corrected chi connectivity index (χ3v) is 2.63. The molecular formula is C10H8ClN3O3. The molecule has 2 amide bonds. The van der Waals surface area contributed by atoms with Crippen molar-refractivity contribution < 1.29 is 14.4 Å². The van der Waals surface area contributed by atoms with Crippen molar-refractivity contribution in [1.82, 2.24) is 5.43 Å². The molecule has 0 saturated carbocycles. The van der Waals surface area contributed by atoms with Gasteiger partial charge in [0.15, 0.2) is 0 Å². The van der Waals surface area contributed by atoms with Gasteiger partial charge in [-0.15, -0.1) is 0 Å². The summed E-state index contributed by atoms with van der Waals surface area (Å²) in [5, 5.41) is 0.357. The van der Waals surface area contributed by atoms with E-state index in [0.717, 1.165) is 4.90 Å². The molecule has 0 fully saturated rings. The molecule has 1 aliphatic rings. The lowest BCUT2D eigenvalue weighted by atomic mass is 10.1. The minimum absolute atomic E-state index is 0.201. The SMILES string of the molecule is NNC(=O)CN1C(=O)C(=O)c2cc(Cl)ccc21. The average Bonchev–Trinajstić information content (AvgIpc) is 2.54. The third kappa shape index (κ3) is 1.88. The number of carbonyl (C=O) groups is 3. The van der Waals surface area contributed by atoms with Gasteiger partial charge in [0.2, 0.25) is 0 Å². The number of Topliss-reactive ketones (excluding diaryl/α,β-unsaturated/α-hetero) is 1. The van der Waals surface area contributed by atoms with Gasteiger partial charge in [0.05, 0.1) is 11.3 Å². The maximum atomic E-state index is 11.6. The van der Waals surface area contributed by atoms with Crippen molar-refractivity contribution in [2.45, 2.75) is 0 Å². The van der Waals surface area contributed by atoms with Crippen molar-refractivity contribution >= 4 is 34.9 Å². The van der Waals surface area contributed by atoms with Crippen molar-refractivity contribution in [3.63, 3.8) is 0 Å². The van der Waals surface area contributed by atoms with Gasteiger partial charge in [0, 0.05) is 5.02 Å². The number of fused-ring (bicyclic) bond motifs is 1. The summed E-state index contributed by atoms with van der Waals surface area (Å²) in [6.07, 6.45) is 0. The molecular weight excluding hydrogens is 246 g/mol. The minimum atomic E-state index is -0.758. The van der Waals surface area contributed by atoms with Crippen LogP contribution in [0, 0.1) is 0 Å². The van der Waals surface area contributed by atoms with E-state index in [1.165, 1.54) is 12.1 Å². The van der Waals surface area contributed by atoms with Crippen molar-refractivity contribution in [2.24, 2.45) is 5.84 Å². The maximum Gasteiger partial charge on any atom is 0.299 e. The second-order valence-electron chi connectivity index (χ2n) is 3.45. The zero-order chi connectivity index (χ0) is 12.6. The zero-order valence-electron chi connectivity index (χ0n) is 8.57. The molecule has 1 heterocycles. The Labute approximate surface area is 101 Å². The predicted molar refractivity (Wildman–Crippen MR) is 60.5 cm³/mol. The Morgan fingerprint density at radius 1 is 1.41 bits per heavy atom. The molecule has 1 aromatic carbocycles. The summed E-state index contributed by atoms with van der Waals surface area (Å²) in [6.45, 7) is -0.296. The minimum Gasteiger partial charge on any atom is -0.295 e. The number of halogens is 1. The van der Waals surface area contributed by atoms with Crippen LogP contribution in [0.5, 0.6) is 0 Å². The Morgan fingerprint density at radius 2 is 2.12 bits per heavy atom. The van der Waals surface area contributed by atoms with Crippen molar-refractivity contribution in [1.29, 1.82) is 0 Å². The molecule has 88 valence electrons. The number of benzene rings is 1. The quantitative estimate of drug-likeness (QED) is 0.332. The first kappa shape index (κ1) is 11.6. The number of ketones is 1. The van der Waals surface area contributed by atoms with Gasteiger partial charge >= 0.3 is 0 Å². The standard InChI is InChI=1S/C10H8ClN3O3/c11-5-1-2-7-6(3-5)9(16)10(17)14(7)4-8(15)13-12/h1-3H,4,12H2,(H,13,15). The first-order valence-electron chi connectivity index (χ1n) is 4.70. The number of hydrazine groups is 1. The van der Waals surface area contributed by atoms with Crippen LogP contribution in [-0.2, 0) is 9.59 Å². The van der Waals surface area contributed by atoms with Gasteiger partial charge in [-0.25, -0.2) is 5.84 Å². The van der Waals surface area contributed by atoms with Gasteiger partial charge in [-0.3, -0.25) is 24.7 Å². The Balaban J connectivity index is 2.41. The molecule has 0 atom stereocenters. The summed E-state index contributed by atoms with van der Waals surface area (Å²) < 4.78 is 0. The number of anilines is 1. The highest BCUT2D eigenvalue weighted by Crippen LogP contribution is 2.30. The lowest BCUT2D eigenvalue weighted by Gasteiger charge is -2.14. The van der Waals surface area contributed by atoms with Crippen molar-refractivity contribution in [2.75, 3.05) is 11.4 Å². The fourth-order valence-electron chi connectivity index (χ4n) is 1.62. The Bertz CT molecular complexity index is 530. The van der Waals surface area contributed by atoms with E-state index in [1.54, 1.807) is 6.07 Å². The monoisotopic (exact) mass is 253 g/mol. The predicted octanol–water partition coefficient (Wildman–Crippen LogP) is -0.141. The maximum absolute atomic E-state index is 11.6. The van der Waals surface area contributed by atoms with Crippen LogP contribution in [0.15, 0.2) is 18.2 Å². The van der Waals surface area contributed by atoms with E-state index < -0.39 is 17.6 Å². The second-order valence-corrected chi connectivity index (χ2v) is 3.89. The smallest absolute Gasteiger partial charge is 0.295 e. The number of hydrogen-bond donors (Lipinski definition) is 2. The number of carbonyl (C=O) groups excluding carboxylic acids is 3. The van der Waals surface area contributed by atoms with Crippen LogP contribution in [-0.4, -0.2) is 24.1 Å². The highest BCUT2D eigenvalue weighted by Gasteiger charge is 2.36. The summed E-state index contributed by atoms with van der Waals surface area (Å²) in [7, 11) is 0. The van der Waals surface area contributed by atoms with Gasteiger partial charge in [-0.1, -0.05) is 11.6 Å². The number of nitrogens with two attached hydrogens (primary N) is 1. The van der Waals surface area contributed by atoms with E-state index in [-0.39, 0.29) is 12.1 Å². The highest BCUT2D eigenvalue weighted by atomic mass is 35.5. The summed E-state index contributed by atoms with van der Waals surface area (Å²) in [6, 6.07) is 4.46. The second kappa shape index (κ2) is 4.15. The van der Waals surface area contributed by atoms with E-state index in [1.807, 2.05) is 5.43 Å². The molecule has 0 saturated heterocycles. The Morgan fingerprint density at radius 3 is 2.76 bits per heavy atom. The number of nitrogens with zero attached hydrogens (tertiary/aromatic N) is 1. The van der Waals surface area contributed by atoms with Gasteiger partial charge < -0.3 is 0 Å². The van der Waals surface area contributed by atoms with Gasteiger partial charge in [0.25, 0.3) is 17.6 Å². The van der Waals surface area contributed by atoms with Crippen LogP contribution in [0.4, 0.5) is 5.69 Å². The van der Waals surface area contributed by atoms with Gasteiger partial charge in [-0.05, 0) is 18.2 Å². The lowest BCUT2D eigenvalue weighted by Crippen LogP contribution is -2.42. The molecule has 0 bridgehead atoms. The van der Waals surface area contributed by atoms with Gasteiger partial charge in [0.1, 0.15) is 6.54 Å². The van der Waals surface area contributed by atoms with Crippen LogP contribution in [0.1, 0.15) is 10.4 Å². The van der Waals surface area contributed by atoms with Crippen LogP contribution in [0.25, 0.3) is 0 Å². The van der Waals surface area contributed by atoms with E-state index >= 15 is 0 Å². The molecule has 7 heteroatoms. The van der Waals surface area contributed by atoms with E-state index in [4.69, 9.17) is 17.4 Å². The molecule has 3 N–H and O–H groups in total. The van der Waals surface area contributed by atoms with E-state index in [2.05, 4.69) is 0 Å². The average molecular weight is 254 g/mol. The Hall–Kier alpha value is -1.92. The highest BCUT2D eigenvalue weighted by molar-refractivity contribution is 6.53. The van der Waals surface area contributed by atoms with Crippen LogP contribution >= 0.6 is 11.6 Å². The number of nitrogens with one attached hydrogen (secondary N) is 1. The molecule has 1 aliphatic heterocycles. The lowest BCUT2D eigenvalue weighted by molar-refractivity contribution is -0.122. The summed E-state index contributed by atoms with van der Waals surface area (Å²) >= 11 is 5.74. The molecule has 0 unspecified atom stereocenters. The molecule has 0 aliphatic carbocycles. The molecule has 2 rings (SSSR count). The number of amides is 2. The molecule has 0 spiro atoms. The van der Waals surface area contributed by atoms with Crippen molar-refractivity contribution in [3.05, 3.63) is 28.8 Å². The molecule has 6 nitrogen and oxygen atoms in total. The molecule has 1 aromatic rings. The largest absolute Gasteiger partial charge is 0.299 e. The van der Waals surface area contributed by atoms with Crippen LogP contribution < -0.4 is 16.2 Å². The van der Waals surface area contributed by atoms with Crippen LogP contribution in [0.3, 0.4) is 0 Å². The first-order chi connectivity index (χ1) is 8.04. The number of hydrogen-bond acceptors (Lipinski definition) is 4. The molecule has 0 radical (unpaired) electrons. The summed E-state index contributed by atoms with van der Waals surface area (Å²) in [5.74, 6) is 2.94. The van der Waals surface area contributed by atoms with E-state index in [0.29, 0.717) is 10.7 Å². The normalized spacial score (nSPS) is 13.9. The Kier molecular flexibility index (Phi) is 2.83.